The molecule has 0 saturated heterocycles. The highest BCUT2D eigenvalue weighted by atomic mass is 16.5. The number of nitrogens with zero attached hydrogens (tertiary/aromatic N) is 2. The van der Waals surface area contributed by atoms with Gasteiger partial charge in [-0.05, 0) is 77.7 Å². The summed E-state index contributed by atoms with van der Waals surface area (Å²) in [6, 6.07) is 18.8. The molecule has 36 heavy (non-hydrogen) atoms. The molecule has 3 aromatic carbocycles. The monoisotopic (exact) mass is 483 g/mol. The quantitative estimate of drug-likeness (QED) is 0.289. The van der Waals surface area contributed by atoms with E-state index in [0.717, 1.165) is 29.4 Å². The lowest BCUT2D eigenvalue weighted by atomic mass is 9.85. The van der Waals surface area contributed by atoms with Gasteiger partial charge in [0.25, 0.3) is 0 Å². The standard InChI is InChI=1S/C30H33N3O3/c1-31-28-10-7-20(34-4)13-19(28)14-23(26-17-32(2)29-11-8-21(35-5)15-24(26)29)27-18-33(3)30-12-9-22(36-6)16-25(27)30/h7-13,15-18,23,31H,14H2,1-6H3. The van der Waals surface area contributed by atoms with Crippen molar-refractivity contribution in [3.8, 4) is 17.2 Å². The highest BCUT2D eigenvalue weighted by molar-refractivity contribution is 5.90. The number of hydrogen-bond donors (Lipinski definition) is 1. The van der Waals surface area contributed by atoms with Gasteiger partial charge in [-0.2, -0.15) is 0 Å². The number of rotatable bonds is 8. The molecule has 2 heterocycles. The van der Waals surface area contributed by atoms with Crippen molar-refractivity contribution in [2.24, 2.45) is 14.1 Å². The van der Waals surface area contributed by atoms with Gasteiger partial charge in [0.2, 0.25) is 0 Å². The lowest BCUT2D eigenvalue weighted by Gasteiger charge is -2.20. The Bertz CT molecular complexity index is 1460. The van der Waals surface area contributed by atoms with Crippen LogP contribution in [0.1, 0.15) is 22.6 Å². The average Bonchev–Trinajstić information content (AvgIpc) is 3.42. The number of nitrogens with one attached hydrogen (secondary N) is 1. The van der Waals surface area contributed by atoms with Crippen LogP contribution in [0.15, 0.2) is 67.0 Å². The van der Waals surface area contributed by atoms with Crippen molar-refractivity contribution < 1.29 is 14.2 Å². The minimum atomic E-state index is 0.0795. The number of fused-ring (bicyclic) bond motifs is 2. The van der Waals surface area contributed by atoms with Crippen molar-refractivity contribution in [1.82, 2.24) is 9.13 Å². The van der Waals surface area contributed by atoms with E-state index in [1.54, 1.807) is 21.3 Å². The van der Waals surface area contributed by atoms with Crippen LogP contribution in [0.3, 0.4) is 0 Å². The fraction of sp³-hybridized carbons (Fsp3) is 0.267. The van der Waals surface area contributed by atoms with Crippen molar-refractivity contribution in [1.29, 1.82) is 0 Å². The first kappa shape index (κ1) is 23.7. The number of aromatic nitrogens is 2. The molecule has 0 aliphatic rings. The van der Waals surface area contributed by atoms with Crippen LogP contribution in [-0.2, 0) is 20.5 Å². The number of ether oxygens (including phenoxy) is 3. The third-order valence-corrected chi connectivity index (χ3v) is 7.21. The number of anilines is 1. The van der Waals surface area contributed by atoms with Crippen LogP contribution >= 0.6 is 0 Å². The number of hydrogen-bond acceptors (Lipinski definition) is 4. The predicted octanol–water partition coefficient (Wildman–Crippen LogP) is 6.11. The second-order valence-corrected chi connectivity index (χ2v) is 9.19. The molecule has 0 atom stereocenters. The van der Waals surface area contributed by atoms with Crippen molar-refractivity contribution in [2.45, 2.75) is 12.3 Å². The Morgan fingerprint density at radius 1 is 0.694 bits per heavy atom. The van der Waals surface area contributed by atoms with E-state index < -0.39 is 0 Å². The van der Waals surface area contributed by atoms with Gasteiger partial charge >= 0.3 is 0 Å². The highest BCUT2D eigenvalue weighted by Gasteiger charge is 2.25. The summed E-state index contributed by atoms with van der Waals surface area (Å²) in [7, 11) is 11.3. The zero-order valence-corrected chi connectivity index (χ0v) is 21.8. The summed E-state index contributed by atoms with van der Waals surface area (Å²) in [6.07, 6.45) is 5.31. The highest BCUT2D eigenvalue weighted by Crippen LogP contribution is 2.41. The molecule has 5 rings (SSSR count). The van der Waals surface area contributed by atoms with Gasteiger partial charge in [0.1, 0.15) is 17.2 Å². The SMILES string of the molecule is CNc1ccc(OC)cc1CC(c1cn(C)c2ccc(OC)cc12)c1cn(C)c2ccc(OC)cc12. The molecule has 0 aliphatic heterocycles. The van der Waals surface area contributed by atoms with E-state index in [1.165, 1.54) is 38.5 Å². The third kappa shape index (κ3) is 4.02. The predicted molar refractivity (Wildman–Crippen MR) is 147 cm³/mol. The van der Waals surface area contributed by atoms with Gasteiger partial charge in [0.05, 0.1) is 21.3 Å². The van der Waals surface area contributed by atoms with E-state index in [-0.39, 0.29) is 5.92 Å². The number of methoxy groups -OCH3 is 3. The van der Waals surface area contributed by atoms with Crippen LogP contribution in [0.2, 0.25) is 0 Å². The second kappa shape index (κ2) is 9.53. The molecule has 0 fully saturated rings. The van der Waals surface area contributed by atoms with E-state index in [4.69, 9.17) is 14.2 Å². The van der Waals surface area contributed by atoms with Crippen molar-refractivity contribution in [3.05, 3.63) is 83.7 Å². The fourth-order valence-corrected chi connectivity index (χ4v) is 5.33. The van der Waals surface area contributed by atoms with Gasteiger partial charge < -0.3 is 28.7 Å². The maximum Gasteiger partial charge on any atom is 0.119 e. The fourth-order valence-electron chi connectivity index (χ4n) is 5.33. The van der Waals surface area contributed by atoms with Crippen molar-refractivity contribution in [3.63, 3.8) is 0 Å². The molecule has 6 heteroatoms. The Balaban J connectivity index is 1.78. The lowest BCUT2D eigenvalue weighted by molar-refractivity contribution is 0.414. The number of benzene rings is 3. The van der Waals surface area contributed by atoms with E-state index >= 15 is 0 Å². The van der Waals surface area contributed by atoms with Gasteiger partial charge in [-0.25, -0.2) is 0 Å². The molecular formula is C30H33N3O3. The molecule has 5 aromatic rings. The van der Waals surface area contributed by atoms with Gasteiger partial charge in [-0.1, -0.05) is 0 Å². The maximum absolute atomic E-state index is 5.61. The molecule has 6 nitrogen and oxygen atoms in total. The maximum atomic E-state index is 5.61. The average molecular weight is 484 g/mol. The normalized spacial score (nSPS) is 11.4. The Labute approximate surface area is 212 Å². The van der Waals surface area contributed by atoms with Gasteiger partial charge in [-0.15, -0.1) is 0 Å². The smallest absolute Gasteiger partial charge is 0.119 e. The summed E-state index contributed by atoms with van der Waals surface area (Å²) in [5, 5.41) is 5.75. The van der Waals surface area contributed by atoms with E-state index in [9.17, 15) is 0 Å². The van der Waals surface area contributed by atoms with Crippen LogP contribution in [0.5, 0.6) is 17.2 Å². The van der Waals surface area contributed by atoms with Crippen LogP contribution in [0.25, 0.3) is 21.8 Å². The lowest BCUT2D eigenvalue weighted by Crippen LogP contribution is -2.07. The van der Waals surface area contributed by atoms with Crippen LogP contribution in [-0.4, -0.2) is 37.5 Å². The van der Waals surface area contributed by atoms with Crippen LogP contribution in [0, 0.1) is 0 Å². The Morgan fingerprint density at radius 3 is 1.64 bits per heavy atom. The van der Waals surface area contributed by atoms with E-state index in [1.807, 2.05) is 25.2 Å². The summed E-state index contributed by atoms with van der Waals surface area (Å²) in [5.41, 5.74) is 7.15. The van der Waals surface area contributed by atoms with E-state index in [0.29, 0.717) is 0 Å². The molecule has 0 unspecified atom stereocenters. The van der Waals surface area contributed by atoms with Gasteiger partial charge in [-0.3, -0.25) is 0 Å². The van der Waals surface area contributed by atoms with Gasteiger partial charge in [0.15, 0.2) is 0 Å². The molecule has 0 aliphatic carbocycles. The molecule has 0 radical (unpaired) electrons. The third-order valence-electron chi connectivity index (χ3n) is 7.21. The van der Waals surface area contributed by atoms with Gasteiger partial charge in [0, 0.05) is 66.9 Å². The molecule has 186 valence electrons. The summed E-state index contributed by atoms with van der Waals surface area (Å²) in [4.78, 5) is 0. The summed E-state index contributed by atoms with van der Waals surface area (Å²) in [5.74, 6) is 2.63. The Hall–Kier alpha value is -4.06. The largest absolute Gasteiger partial charge is 0.497 e. The first-order valence-electron chi connectivity index (χ1n) is 12.1. The Morgan fingerprint density at radius 2 is 1.17 bits per heavy atom. The number of aryl methyl sites for hydroxylation is 2. The summed E-state index contributed by atoms with van der Waals surface area (Å²) >= 11 is 0. The van der Waals surface area contributed by atoms with Crippen LogP contribution in [0.4, 0.5) is 5.69 Å². The minimum Gasteiger partial charge on any atom is -0.497 e. The molecule has 1 N–H and O–H groups in total. The Kier molecular flexibility index (Phi) is 6.27. The summed E-state index contributed by atoms with van der Waals surface area (Å²) in [6.45, 7) is 0. The minimum absolute atomic E-state index is 0.0795. The molecule has 0 saturated carbocycles. The molecule has 0 amide bonds. The first-order valence-corrected chi connectivity index (χ1v) is 12.1. The molecule has 2 aromatic heterocycles. The van der Waals surface area contributed by atoms with Crippen molar-refractivity contribution in [2.75, 3.05) is 33.7 Å². The van der Waals surface area contributed by atoms with Crippen LogP contribution < -0.4 is 19.5 Å². The first-order chi connectivity index (χ1) is 17.5. The molecule has 0 bridgehead atoms. The molecular weight excluding hydrogens is 450 g/mol. The summed E-state index contributed by atoms with van der Waals surface area (Å²) < 4.78 is 21.2. The zero-order chi connectivity index (χ0) is 25.4. The van der Waals surface area contributed by atoms with Crippen molar-refractivity contribution >= 4 is 27.5 Å². The second-order valence-electron chi connectivity index (χ2n) is 9.19. The topological polar surface area (TPSA) is 49.6 Å². The zero-order valence-electron chi connectivity index (χ0n) is 21.8. The van der Waals surface area contributed by atoms with E-state index in [2.05, 4.69) is 77.3 Å². The molecule has 0 spiro atoms.